The van der Waals surface area contributed by atoms with Gasteiger partial charge in [-0.25, -0.2) is 14.8 Å². The highest BCUT2D eigenvalue weighted by atomic mass is 16.5. The lowest BCUT2D eigenvalue weighted by molar-refractivity contribution is 0.0976. The summed E-state index contributed by atoms with van der Waals surface area (Å²) in [6, 6.07) is 1.68. The Morgan fingerprint density at radius 2 is 2.06 bits per heavy atom. The van der Waals surface area contributed by atoms with Crippen LogP contribution in [0.5, 0.6) is 0 Å². The molecule has 1 aliphatic rings. The summed E-state index contributed by atoms with van der Waals surface area (Å²) in [6.45, 7) is 5.08. The van der Waals surface area contributed by atoms with E-state index in [2.05, 4.69) is 14.5 Å². The Labute approximate surface area is 196 Å². The molecule has 3 aromatic rings. The van der Waals surface area contributed by atoms with E-state index in [1.807, 2.05) is 13.8 Å². The molecule has 0 fully saturated rings. The molecule has 182 valence electrons. The maximum absolute atomic E-state index is 14.0. The van der Waals surface area contributed by atoms with Crippen molar-refractivity contribution in [3.8, 4) is 0 Å². The second kappa shape index (κ2) is 9.80. The summed E-state index contributed by atoms with van der Waals surface area (Å²) in [5.41, 5.74) is 7.07. The third-order valence-electron chi connectivity index (χ3n) is 6.12. The molecule has 3 N–H and O–H groups in total. The number of fused-ring (bicyclic) bond motifs is 3. The quantitative estimate of drug-likeness (QED) is 0.535. The number of methoxy groups -OCH3 is 1. The van der Waals surface area contributed by atoms with Gasteiger partial charge < -0.3 is 15.0 Å². The van der Waals surface area contributed by atoms with Gasteiger partial charge in [0.25, 0.3) is 11.5 Å². The number of anilines is 2. The van der Waals surface area contributed by atoms with Crippen LogP contribution >= 0.6 is 0 Å². The van der Waals surface area contributed by atoms with Gasteiger partial charge in [-0.2, -0.15) is 0 Å². The SMILES string of the molecule is CCCn1c(N)c(N(CCOC)C(=O)c2cc(C)nc3c2nc2n3CCCCC2)c(=O)[nH]c1=O. The van der Waals surface area contributed by atoms with Gasteiger partial charge in [-0.05, 0) is 32.3 Å². The molecule has 11 nitrogen and oxygen atoms in total. The van der Waals surface area contributed by atoms with Gasteiger partial charge in [0.15, 0.2) is 11.3 Å². The predicted octanol–water partition coefficient (Wildman–Crippen LogP) is 1.60. The molecule has 4 rings (SSSR count). The molecule has 0 saturated heterocycles. The van der Waals surface area contributed by atoms with Crippen LogP contribution in [0, 0.1) is 6.92 Å². The number of hydrogen-bond acceptors (Lipinski definition) is 7. The van der Waals surface area contributed by atoms with E-state index in [1.54, 1.807) is 6.07 Å². The number of carbonyl (C=O) groups excluding carboxylic acids is 1. The van der Waals surface area contributed by atoms with Gasteiger partial charge in [0.2, 0.25) is 0 Å². The highest BCUT2D eigenvalue weighted by Gasteiger charge is 2.28. The molecule has 1 aliphatic heterocycles. The fraction of sp³-hybridized carbons (Fsp3) is 0.522. The Bertz CT molecular complexity index is 1340. The van der Waals surface area contributed by atoms with Crippen molar-refractivity contribution in [3.63, 3.8) is 0 Å². The topological polar surface area (TPSA) is 141 Å². The molecule has 0 spiro atoms. The second-order valence-corrected chi connectivity index (χ2v) is 8.57. The van der Waals surface area contributed by atoms with Crippen molar-refractivity contribution in [1.29, 1.82) is 0 Å². The normalized spacial score (nSPS) is 13.6. The number of carbonyl (C=O) groups is 1. The molecule has 11 heteroatoms. The third kappa shape index (κ3) is 4.23. The minimum Gasteiger partial charge on any atom is -0.383 e. The number of nitrogens with one attached hydrogen (secondary N) is 1. The molecular formula is C23H31N7O4. The van der Waals surface area contributed by atoms with Crippen LogP contribution in [0.2, 0.25) is 0 Å². The molecule has 1 amide bonds. The summed E-state index contributed by atoms with van der Waals surface area (Å²) in [6.07, 6.45) is 4.65. The second-order valence-electron chi connectivity index (χ2n) is 8.57. The molecule has 0 unspecified atom stereocenters. The number of imidazole rings is 1. The molecule has 0 radical (unpaired) electrons. The number of ether oxygens (including phenoxy) is 1. The Kier molecular flexibility index (Phi) is 6.82. The number of pyridine rings is 1. The number of aromatic amines is 1. The molecule has 4 heterocycles. The van der Waals surface area contributed by atoms with Crippen LogP contribution in [0.1, 0.15) is 54.5 Å². The Balaban J connectivity index is 1.89. The Morgan fingerprint density at radius 1 is 1.26 bits per heavy atom. The average molecular weight is 470 g/mol. The van der Waals surface area contributed by atoms with Crippen LogP contribution < -0.4 is 21.9 Å². The van der Waals surface area contributed by atoms with E-state index in [0.717, 1.165) is 38.1 Å². The summed E-state index contributed by atoms with van der Waals surface area (Å²) in [4.78, 5) is 52.2. The molecule has 0 aliphatic carbocycles. The lowest BCUT2D eigenvalue weighted by Crippen LogP contribution is -2.42. The van der Waals surface area contributed by atoms with E-state index in [9.17, 15) is 14.4 Å². The van der Waals surface area contributed by atoms with Crippen molar-refractivity contribution in [2.75, 3.05) is 30.9 Å². The van der Waals surface area contributed by atoms with Crippen molar-refractivity contribution < 1.29 is 9.53 Å². The van der Waals surface area contributed by atoms with Gasteiger partial charge in [0.1, 0.15) is 17.2 Å². The summed E-state index contributed by atoms with van der Waals surface area (Å²) in [5.74, 6) is 0.416. The Morgan fingerprint density at radius 3 is 2.79 bits per heavy atom. The number of nitrogens with two attached hydrogens (primary N) is 1. The fourth-order valence-corrected chi connectivity index (χ4v) is 4.51. The number of nitrogens with zero attached hydrogens (tertiary/aromatic N) is 5. The van der Waals surface area contributed by atoms with Crippen molar-refractivity contribution in [3.05, 3.63) is 44.0 Å². The molecule has 0 bridgehead atoms. The zero-order chi connectivity index (χ0) is 24.4. The first-order valence-electron chi connectivity index (χ1n) is 11.7. The zero-order valence-corrected chi connectivity index (χ0v) is 19.9. The lowest BCUT2D eigenvalue weighted by atomic mass is 10.1. The summed E-state index contributed by atoms with van der Waals surface area (Å²) in [5, 5.41) is 0. The van der Waals surface area contributed by atoms with Gasteiger partial charge in [-0.1, -0.05) is 13.3 Å². The summed E-state index contributed by atoms with van der Waals surface area (Å²) < 4.78 is 8.57. The van der Waals surface area contributed by atoms with Gasteiger partial charge in [-0.15, -0.1) is 0 Å². The standard InChI is InChI=1S/C23H31N7O4/c1-4-9-30-19(24)18(21(31)27-23(30)33)29(11-12-34-3)22(32)15-13-14(2)25-20-17(15)26-16-8-6-5-7-10-28(16)20/h13H,4-12,24H2,1-3H3,(H,27,31,33). The average Bonchev–Trinajstić information content (AvgIpc) is 2.98. The Hall–Kier alpha value is -3.47. The predicted molar refractivity (Wildman–Crippen MR) is 129 cm³/mol. The van der Waals surface area contributed by atoms with Gasteiger partial charge in [0.05, 0.1) is 12.2 Å². The van der Waals surface area contributed by atoms with E-state index in [4.69, 9.17) is 15.5 Å². The molecule has 34 heavy (non-hydrogen) atoms. The maximum Gasteiger partial charge on any atom is 0.330 e. The van der Waals surface area contributed by atoms with Crippen molar-refractivity contribution in [2.24, 2.45) is 0 Å². The van der Waals surface area contributed by atoms with E-state index in [1.165, 1.54) is 16.6 Å². The number of aromatic nitrogens is 5. The highest BCUT2D eigenvalue weighted by molar-refractivity contribution is 6.13. The number of aryl methyl sites for hydroxylation is 3. The first-order chi connectivity index (χ1) is 16.4. The van der Waals surface area contributed by atoms with Gasteiger partial charge >= 0.3 is 5.69 Å². The van der Waals surface area contributed by atoms with Gasteiger partial charge in [0, 0.05) is 38.9 Å². The molecule has 3 aromatic heterocycles. The molecular weight excluding hydrogens is 438 g/mol. The molecule has 0 atom stereocenters. The summed E-state index contributed by atoms with van der Waals surface area (Å²) in [7, 11) is 1.51. The zero-order valence-electron chi connectivity index (χ0n) is 19.9. The fourth-order valence-electron chi connectivity index (χ4n) is 4.51. The number of H-pyrrole nitrogens is 1. The summed E-state index contributed by atoms with van der Waals surface area (Å²) >= 11 is 0. The number of nitrogen functional groups attached to an aromatic ring is 1. The number of hydrogen-bond donors (Lipinski definition) is 2. The largest absolute Gasteiger partial charge is 0.383 e. The van der Waals surface area contributed by atoms with E-state index < -0.39 is 17.2 Å². The van der Waals surface area contributed by atoms with Crippen molar-refractivity contribution >= 4 is 28.6 Å². The minimum absolute atomic E-state index is 0.0531. The highest BCUT2D eigenvalue weighted by Crippen LogP contribution is 2.27. The maximum atomic E-state index is 14.0. The molecule has 0 saturated carbocycles. The smallest absolute Gasteiger partial charge is 0.330 e. The van der Waals surface area contributed by atoms with E-state index >= 15 is 0 Å². The van der Waals surface area contributed by atoms with Gasteiger partial charge in [-0.3, -0.25) is 24.0 Å². The first kappa shape index (κ1) is 23.7. The van der Waals surface area contributed by atoms with Crippen LogP contribution in [-0.2, 0) is 24.2 Å². The monoisotopic (exact) mass is 469 g/mol. The van der Waals surface area contributed by atoms with Crippen molar-refractivity contribution in [2.45, 2.75) is 59.0 Å². The molecule has 0 aromatic carbocycles. The van der Waals surface area contributed by atoms with Crippen LogP contribution in [0.25, 0.3) is 11.2 Å². The van der Waals surface area contributed by atoms with Crippen LogP contribution in [0.3, 0.4) is 0 Å². The van der Waals surface area contributed by atoms with Crippen LogP contribution in [-0.4, -0.2) is 50.3 Å². The number of amides is 1. The van der Waals surface area contributed by atoms with E-state index in [-0.39, 0.29) is 24.7 Å². The van der Waals surface area contributed by atoms with Crippen molar-refractivity contribution in [1.82, 2.24) is 24.1 Å². The number of rotatable bonds is 7. The lowest BCUT2D eigenvalue weighted by Gasteiger charge is -2.24. The van der Waals surface area contributed by atoms with E-state index in [0.29, 0.717) is 35.4 Å². The van der Waals surface area contributed by atoms with Crippen LogP contribution in [0.15, 0.2) is 15.7 Å². The minimum atomic E-state index is -0.720. The van der Waals surface area contributed by atoms with Crippen LogP contribution in [0.4, 0.5) is 11.5 Å². The third-order valence-corrected chi connectivity index (χ3v) is 6.12. The first-order valence-corrected chi connectivity index (χ1v) is 11.7.